The first-order chi connectivity index (χ1) is 10.9. The number of likely N-dealkylation sites (tertiary alicyclic amines) is 1. The van der Waals surface area contributed by atoms with Crippen LogP contribution < -0.4 is 5.32 Å². The van der Waals surface area contributed by atoms with Crippen molar-refractivity contribution in [1.82, 2.24) is 4.90 Å². The number of halogens is 3. The zero-order chi connectivity index (χ0) is 16.4. The molecule has 4 nitrogen and oxygen atoms in total. The van der Waals surface area contributed by atoms with E-state index >= 15 is 0 Å². The van der Waals surface area contributed by atoms with Crippen LogP contribution in [0.1, 0.15) is 24.8 Å². The van der Waals surface area contributed by atoms with Crippen molar-refractivity contribution >= 4 is 11.7 Å². The van der Waals surface area contributed by atoms with Crippen LogP contribution in [0.3, 0.4) is 0 Å². The van der Waals surface area contributed by atoms with Crippen molar-refractivity contribution in [2.45, 2.75) is 31.5 Å². The number of amides is 2. The molecule has 1 aromatic carbocycles. The van der Waals surface area contributed by atoms with Crippen molar-refractivity contribution in [2.75, 3.05) is 25.0 Å². The van der Waals surface area contributed by atoms with Crippen molar-refractivity contribution in [1.29, 1.82) is 0 Å². The van der Waals surface area contributed by atoms with Crippen molar-refractivity contribution in [2.24, 2.45) is 5.92 Å². The fourth-order valence-corrected chi connectivity index (χ4v) is 3.31. The van der Waals surface area contributed by atoms with E-state index in [4.69, 9.17) is 4.74 Å². The molecule has 0 aliphatic carbocycles. The Hall–Kier alpha value is -1.76. The minimum absolute atomic E-state index is 0.176. The molecular weight excluding hydrogens is 309 g/mol. The van der Waals surface area contributed by atoms with Gasteiger partial charge in [-0.05, 0) is 31.4 Å². The first-order valence-electron chi connectivity index (χ1n) is 7.79. The summed E-state index contributed by atoms with van der Waals surface area (Å²) in [6, 6.07) is 4.55. The van der Waals surface area contributed by atoms with Gasteiger partial charge in [0.25, 0.3) is 0 Å². The van der Waals surface area contributed by atoms with E-state index in [9.17, 15) is 18.0 Å². The van der Waals surface area contributed by atoms with Gasteiger partial charge in [0.2, 0.25) is 0 Å². The molecule has 0 aromatic heterocycles. The highest BCUT2D eigenvalue weighted by Gasteiger charge is 2.36. The predicted molar refractivity (Wildman–Crippen MR) is 79.1 cm³/mol. The predicted octanol–water partition coefficient (Wildman–Crippen LogP) is 3.74. The number of hydrogen-bond acceptors (Lipinski definition) is 2. The highest BCUT2D eigenvalue weighted by molar-refractivity contribution is 5.90. The lowest BCUT2D eigenvalue weighted by atomic mass is 9.89. The van der Waals surface area contributed by atoms with Crippen molar-refractivity contribution in [3.63, 3.8) is 0 Å². The number of para-hydroxylation sites is 1. The molecule has 2 saturated heterocycles. The topological polar surface area (TPSA) is 41.6 Å². The van der Waals surface area contributed by atoms with Crippen LogP contribution in [-0.2, 0) is 10.9 Å². The van der Waals surface area contributed by atoms with E-state index in [0.29, 0.717) is 13.1 Å². The van der Waals surface area contributed by atoms with E-state index < -0.39 is 17.8 Å². The number of alkyl halides is 3. The Bertz CT molecular complexity index is 577. The Labute approximate surface area is 132 Å². The average molecular weight is 328 g/mol. The number of urea groups is 1. The van der Waals surface area contributed by atoms with Crippen molar-refractivity contribution in [3.8, 4) is 0 Å². The molecule has 2 amide bonds. The minimum atomic E-state index is -4.49. The van der Waals surface area contributed by atoms with E-state index in [0.717, 1.165) is 31.9 Å². The maximum absolute atomic E-state index is 13.0. The zero-order valence-electron chi connectivity index (χ0n) is 12.6. The van der Waals surface area contributed by atoms with Gasteiger partial charge in [0, 0.05) is 25.6 Å². The molecule has 1 N–H and O–H groups in total. The quantitative estimate of drug-likeness (QED) is 0.853. The second-order valence-electron chi connectivity index (χ2n) is 6.02. The fraction of sp³-hybridized carbons (Fsp3) is 0.562. The number of ether oxygens (including phenoxy) is 1. The minimum Gasteiger partial charge on any atom is -0.378 e. The van der Waals surface area contributed by atoms with E-state index in [1.165, 1.54) is 18.2 Å². The summed E-state index contributed by atoms with van der Waals surface area (Å²) in [4.78, 5) is 13.9. The maximum atomic E-state index is 13.0. The zero-order valence-corrected chi connectivity index (χ0v) is 12.6. The summed E-state index contributed by atoms with van der Waals surface area (Å²) in [5.41, 5.74) is -1.03. The third-order valence-corrected chi connectivity index (χ3v) is 4.48. The Morgan fingerprint density at radius 3 is 2.83 bits per heavy atom. The molecule has 0 bridgehead atoms. The van der Waals surface area contributed by atoms with E-state index in [-0.39, 0.29) is 17.7 Å². The normalized spacial score (nSPS) is 24.9. The number of hydrogen-bond donors (Lipinski definition) is 1. The summed E-state index contributed by atoms with van der Waals surface area (Å²) in [5.74, 6) is 0.279. The standard InChI is InChI=1S/C16H19F3N2O2/c17-16(18,19)12-5-1-2-6-13(12)20-15(22)21-8-7-14-11(10-21)4-3-9-23-14/h1-2,5-6,11,14H,3-4,7-10H2,(H,20,22)/t11-,14+/m1/s1. The van der Waals surface area contributed by atoms with Crippen LogP contribution in [0.4, 0.5) is 23.7 Å². The highest BCUT2D eigenvalue weighted by atomic mass is 19.4. The van der Waals surface area contributed by atoms with Crippen molar-refractivity contribution in [3.05, 3.63) is 29.8 Å². The second-order valence-corrected chi connectivity index (χ2v) is 6.02. The molecule has 2 fully saturated rings. The molecule has 2 aliphatic rings. The first kappa shape index (κ1) is 16.1. The average Bonchev–Trinajstić information content (AvgIpc) is 2.54. The van der Waals surface area contributed by atoms with Gasteiger partial charge in [0.05, 0.1) is 17.4 Å². The molecule has 3 rings (SSSR count). The Balaban J connectivity index is 1.68. The van der Waals surface area contributed by atoms with Crippen LogP contribution in [0.25, 0.3) is 0 Å². The number of piperidine rings is 1. The molecule has 0 spiro atoms. The molecule has 23 heavy (non-hydrogen) atoms. The summed E-state index contributed by atoms with van der Waals surface area (Å²) in [5, 5.41) is 2.41. The second kappa shape index (κ2) is 6.39. The molecule has 7 heteroatoms. The largest absolute Gasteiger partial charge is 0.418 e. The molecule has 2 aliphatic heterocycles. The lowest BCUT2D eigenvalue weighted by Gasteiger charge is -2.40. The van der Waals surface area contributed by atoms with Gasteiger partial charge in [0.15, 0.2) is 0 Å². The number of benzene rings is 1. The number of nitrogens with one attached hydrogen (secondary N) is 1. The number of fused-ring (bicyclic) bond motifs is 1. The Kier molecular flexibility index (Phi) is 4.48. The SMILES string of the molecule is O=C(Nc1ccccc1C(F)(F)F)N1CC[C@@H]2OCCC[C@@H]2C1. The summed E-state index contributed by atoms with van der Waals surface area (Å²) >= 11 is 0. The van der Waals surface area contributed by atoms with Crippen LogP contribution >= 0.6 is 0 Å². The van der Waals surface area contributed by atoms with E-state index in [1.54, 1.807) is 4.90 Å². The van der Waals surface area contributed by atoms with Gasteiger partial charge in [-0.15, -0.1) is 0 Å². The number of rotatable bonds is 1. The molecule has 2 atom stereocenters. The molecule has 1 aromatic rings. The molecule has 0 unspecified atom stereocenters. The van der Waals surface area contributed by atoms with Gasteiger partial charge < -0.3 is 15.0 Å². The van der Waals surface area contributed by atoms with Crippen molar-refractivity contribution < 1.29 is 22.7 Å². The van der Waals surface area contributed by atoms with Crippen LogP contribution in [0.5, 0.6) is 0 Å². The van der Waals surface area contributed by atoms with Crippen LogP contribution in [0, 0.1) is 5.92 Å². The third kappa shape index (κ3) is 3.60. The molecule has 0 radical (unpaired) electrons. The lowest BCUT2D eigenvalue weighted by molar-refractivity contribution is -0.136. The summed E-state index contributed by atoms with van der Waals surface area (Å²) in [6.07, 6.45) is -1.62. The van der Waals surface area contributed by atoms with Crippen LogP contribution in [0.2, 0.25) is 0 Å². The fourth-order valence-electron chi connectivity index (χ4n) is 3.31. The monoisotopic (exact) mass is 328 g/mol. The number of nitrogens with zero attached hydrogens (tertiary/aromatic N) is 1. The summed E-state index contributed by atoms with van der Waals surface area (Å²) in [6.45, 7) is 1.79. The Morgan fingerprint density at radius 1 is 1.26 bits per heavy atom. The number of carbonyl (C=O) groups excluding carboxylic acids is 1. The lowest BCUT2D eigenvalue weighted by Crippen LogP contribution is -2.49. The molecular formula is C16H19F3N2O2. The summed E-state index contributed by atoms with van der Waals surface area (Å²) in [7, 11) is 0. The molecule has 0 saturated carbocycles. The summed E-state index contributed by atoms with van der Waals surface area (Å²) < 4.78 is 44.6. The number of anilines is 1. The highest BCUT2D eigenvalue weighted by Crippen LogP contribution is 2.35. The van der Waals surface area contributed by atoms with Gasteiger partial charge in [-0.1, -0.05) is 12.1 Å². The number of carbonyl (C=O) groups is 1. The van der Waals surface area contributed by atoms with Gasteiger partial charge in [-0.2, -0.15) is 13.2 Å². The third-order valence-electron chi connectivity index (χ3n) is 4.48. The molecule has 2 heterocycles. The van der Waals surface area contributed by atoms with Gasteiger partial charge in [-0.25, -0.2) is 4.79 Å². The first-order valence-corrected chi connectivity index (χ1v) is 7.79. The van der Waals surface area contributed by atoms with Gasteiger partial charge in [-0.3, -0.25) is 0 Å². The van der Waals surface area contributed by atoms with Gasteiger partial charge >= 0.3 is 12.2 Å². The maximum Gasteiger partial charge on any atom is 0.418 e. The van der Waals surface area contributed by atoms with E-state index in [1.807, 2.05) is 0 Å². The Morgan fingerprint density at radius 2 is 2.04 bits per heavy atom. The smallest absolute Gasteiger partial charge is 0.378 e. The molecule has 126 valence electrons. The van der Waals surface area contributed by atoms with Crippen LogP contribution in [0.15, 0.2) is 24.3 Å². The van der Waals surface area contributed by atoms with Gasteiger partial charge in [0.1, 0.15) is 0 Å². The van der Waals surface area contributed by atoms with Crippen LogP contribution in [-0.4, -0.2) is 36.7 Å². The van der Waals surface area contributed by atoms with E-state index in [2.05, 4.69) is 5.32 Å².